The molecular formula is C22H20ClNO4. The average Bonchev–Trinajstić information content (AvgIpc) is 2.72. The van der Waals surface area contributed by atoms with E-state index in [9.17, 15) is 4.79 Å². The van der Waals surface area contributed by atoms with Gasteiger partial charge in [-0.3, -0.25) is 0 Å². The molecule has 0 aromatic heterocycles. The fraction of sp³-hybridized carbons (Fsp3) is 0.136. The SMILES string of the molecule is COc1cc(CNc2ccc(C(=O)O)cc2)c(Cl)cc1OCc1ccccc1. The number of ether oxygens (including phenoxy) is 2. The molecule has 0 atom stereocenters. The number of aromatic carboxylic acids is 1. The average molecular weight is 398 g/mol. The maximum absolute atomic E-state index is 10.9. The van der Waals surface area contributed by atoms with Gasteiger partial charge in [-0.05, 0) is 41.5 Å². The van der Waals surface area contributed by atoms with Gasteiger partial charge in [0.15, 0.2) is 11.5 Å². The van der Waals surface area contributed by atoms with Crippen molar-refractivity contribution < 1.29 is 19.4 Å². The van der Waals surface area contributed by atoms with Crippen LogP contribution in [-0.4, -0.2) is 18.2 Å². The highest BCUT2D eigenvalue weighted by molar-refractivity contribution is 6.31. The van der Waals surface area contributed by atoms with Crippen molar-refractivity contribution in [3.05, 3.63) is 88.4 Å². The summed E-state index contributed by atoms with van der Waals surface area (Å²) in [5.41, 5.74) is 2.93. The van der Waals surface area contributed by atoms with Gasteiger partial charge in [0.25, 0.3) is 0 Å². The number of carbonyl (C=O) groups is 1. The molecule has 28 heavy (non-hydrogen) atoms. The van der Waals surface area contributed by atoms with E-state index in [1.165, 1.54) is 0 Å². The van der Waals surface area contributed by atoms with Crippen LogP contribution in [0.2, 0.25) is 5.02 Å². The Morgan fingerprint density at radius 1 is 1.04 bits per heavy atom. The van der Waals surface area contributed by atoms with Crippen LogP contribution in [0.5, 0.6) is 11.5 Å². The van der Waals surface area contributed by atoms with E-state index in [1.807, 2.05) is 36.4 Å². The molecule has 6 heteroatoms. The molecule has 3 rings (SSSR count). The van der Waals surface area contributed by atoms with E-state index in [4.69, 9.17) is 26.2 Å². The fourth-order valence-corrected chi connectivity index (χ4v) is 2.87. The minimum atomic E-state index is -0.953. The van der Waals surface area contributed by atoms with E-state index in [1.54, 1.807) is 37.4 Å². The number of hydrogen-bond acceptors (Lipinski definition) is 4. The third kappa shape index (κ3) is 4.96. The van der Waals surface area contributed by atoms with Crippen molar-refractivity contribution in [1.82, 2.24) is 0 Å². The Balaban J connectivity index is 1.69. The number of halogens is 1. The Morgan fingerprint density at radius 3 is 2.39 bits per heavy atom. The van der Waals surface area contributed by atoms with Gasteiger partial charge < -0.3 is 19.9 Å². The van der Waals surface area contributed by atoms with Crippen LogP contribution < -0.4 is 14.8 Å². The Hall–Kier alpha value is -3.18. The minimum absolute atomic E-state index is 0.241. The van der Waals surface area contributed by atoms with Crippen molar-refractivity contribution in [2.45, 2.75) is 13.2 Å². The summed E-state index contributed by atoms with van der Waals surface area (Å²) in [6.07, 6.45) is 0. The third-order valence-electron chi connectivity index (χ3n) is 4.18. The number of anilines is 1. The van der Waals surface area contributed by atoms with Crippen LogP contribution in [0.3, 0.4) is 0 Å². The van der Waals surface area contributed by atoms with E-state index >= 15 is 0 Å². The lowest BCUT2D eigenvalue weighted by molar-refractivity contribution is 0.0697. The number of carboxylic acid groups (broad SMARTS) is 1. The topological polar surface area (TPSA) is 67.8 Å². The van der Waals surface area contributed by atoms with Gasteiger partial charge in [0.1, 0.15) is 6.61 Å². The first-order valence-electron chi connectivity index (χ1n) is 8.67. The molecule has 0 heterocycles. The fourth-order valence-electron chi connectivity index (χ4n) is 2.65. The molecule has 0 fully saturated rings. The second kappa shape index (κ2) is 9.15. The van der Waals surface area contributed by atoms with Crippen LogP contribution in [0.1, 0.15) is 21.5 Å². The van der Waals surface area contributed by atoms with Gasteiger partial charge in [0.2, 0.25) is 0 Å². The summed E-state index contributed by atoms with van der Waals surface area (Å²) < 4.78 is 11.3. The highest BCUT2D eigenvalue weighted by Gasteiger charge is 2.11. The summed E-state index contributed by atoms with van der Waals surface area (Å²) in [6, 6.07) is 20.0. The summed E-state index contributed by atoms with van der Waals surface area (Å²) in [4.78, 5) is 10.9. The molecule has 0 bridgehead atoms. The zero-order valence-electron chi connectivity index (χ0n) is 15.3. The molecule has 0 saturated heterocycles. The van der Waals surface area contributed by atoms with E-state index < -0.39 is 5.97 Å². The highest BCUT2D eigenvalue weighted by Crippen LogP contribution is 2.34. The lowest BCUT2D eigenvalue weighted by Crippen LogP contribution is -2.03. The third-order valence-corrected chi connectivity index (χ3v) is 4.54. The van der Waals surface area contributed by atoms with Gasteiger partial charge in [0.05, 0.1) is 12.7 Å². The number of hydrogen-bond donors (Lipinski definition) is 2. The summed E-state index contributed by atoms with van der Waals surface area (Å²) in [5, 5.41) is 12.7. The number of rotatable bonds is 8. The standard InChI is InChI=1S/C22H20ClNO4/c1-27-20-11-17(13-24-18-9-7-16(8-10-18)22(25)26)19(23)12-21(20)28-14-15-5-3-2-4-6-15/h2-12,24H,13-14H2,1H3,(H,25,26). The van der Waals surface area contributed by atoms with Gasteiger partial charge in [-0.15, -0.1) is 0 Å². The Kier molecular flexibility index (Phi) is 6.40. The summed E-state index contributed by atoms with van der Waals surface area (Å²) in [5.74, 6) is 0.217. The summed E-state index contributed by atoms with van der Waals surface area (Å²) in [7, 11) is 1.58. The van der Waals surface area contributed by atoms with E-state index in [0.29, 0.717) is 29.7 Å². The van der Waals surface area contributed by atoms with Crippen LogP contribution in [0.4, 0.5) is 5.69 Å². The van der Waals surface area contributed by atoms with Crippen molar-refractivity contribution in [2.75, 3.05) is 12.4 Å². The maximum atomic E-state index is 10.9. The van der Waals surface area contributed by atoms with Crippen molar-refractivity contribution in [2.24, 2.45) is 0 Å². The Bertz CT molecular complexity index is 943. The first-order valence-corrected chi connectivity index (χ1v) is 9.05. The predicted octanol–water partition coefficient (Wildman–Crippen LogP) is 5.24. The molecule has 3 aromatic carbocycles. The molecule has 0 amide bonds. The van der Waals surface area contributed by atoms with Crippen molar-refractivity contribution in [1.29, 1.82) is 0 Å². The summed E-state index contributed by atoms with van der Waals surface area (Å²) in [6.45, 7) is 0.877. The van der Waals surface area contributed by atoms with Gasteiger partial charge in [-0.1, -0.05) is 41.9 Å². The normalized spacial score (nSPS) is 10.4. The maximum Gasteiger partial charge on any atom is 0.335 e. The van der Waals surface area contributed by atoms with Gasteiger partial charge in [-0.25, -0.2) is 4.79 Å². The van der Waals surface area contributed by atoms with Crippen molar-refractivity contribution >= 4 is 23.3 Å². The molecule has 0 spiro atoms. The number of methoxy groups -OCH3 is 1. The number of carboxylic acids is 1. The molecule has 0 aliphatic rings. The van der Waals surface area contributed by atoms with Crippen LogP contribution in [0.15, 0.2) is 66.7 Å². The van der Waals surface area contributed by atoms with Crippen LogP contribution in [-0.2, 0) is 13.2 Å². The Labute approximate surface area is 168 Å². The number of benzene rings is 3. The van der Waals surface area contributed by atoms with E-state index in [0.717, 1.165) is 16.8 Å². The van der Waals surface area contributed by atoms with Crippen LogP contribution >= 0.6 is 11.6 Å². The smallest absolute Gasteiger partial charge is 0.335 e. The molecular weight excluding hydrogens is 378 g/mol. The molecule has 0 aliphatic carbocycles. The lowest BCUT2D eigenvalue weighted by Gasteiger charge is -2.15. The zero-order valence-corrected chi connectivity index (χ0v) is 16.1. The lowest BCUT2D eigenvalue weighted by atomic mass is 10.1. The zero-order chi connectivity index (χ0) is 19.9. The van der Waals surface area contributed by atoms with E-state index in [2.05, 4.69) is 5.32 Å². The van der Waals surface area contributed by atoms with Gasteiger partial charge >= 0.3 is 5.97 Å². The molecule has 144 valence electrons. The molecule has 3 aromatic rings. The first kappa shape index (κ1) is 19.6. The second-order valence-electron chi connectivity index (χ2n) is 6.10. The van der Waals surface area contributed by atoms with E-state index in [-0.39, 0.29) is 5.56 Å². The first-order chi connectivity index (χ1) is 13.6. The molecule has 0 radical (unpaired) electrons. The van der Waals surface area contributed by atoms with Crippen LogP contribution in [0.25, 0.3) is 0 Å². The quantitative estimate of drug-likeness (QED) is 0.544. The van der Waals surface area contributed by atoms with Crippen molar-refractivity contribution in [3.63, 3.8) is 0 Å². The number of nitrogens with one attached hydrogen (secondary N) is 1. The van der Waals surface area contributed by atoms with Gasteiger partial charge in [0, 0.05) is 23.3 Å². The minimum Gasteiger partial charge on any atom is -0.493 e. The van der Waals surface area contributed by atoms with Crippen LogP contribution in [0, 0.1) is 0 Å². The van der Waals surface area contributed by atoms with Crippen molar-refractivity contribution in [3.8, 4) is 11.5 Å². The highest BCUT2D eigenvalue weighted by atomic mass is 35.5. The second-order valence-corrected chi connectivity index (χ2v) is 6.51. The molecule has 0 unspecified atom stereocenters. The largest absolute Gasteiger partial charge is 0.493 e. The molecule has 0 aliphatic heterocycles. The monoisotopic (exact) mass is 397 g/mol. The molecule has 5 nitrogen and oxygen atoms in total. The Morgan fingerprint density at radius 2 is 1.75 bits per heavy atom. The summed E-state index contributed by atoms with van der Waals surface area (Å²) >= 11 is 6.42. The molecule has 0 saturated carbocycles. The molecule has 2 N–H and O–H groups in total. The van der Waals surface area contributed by atoms with Gasteiger partial charge in [-0.2, -0.15) is 0 Å². The predicted molar refractivity (Wildman–Crippen MR) is 110 cm³/mol.